The van der Waals surface area contributed by atoms with Gasteiger partial charge in [-0.05, 0) is 43.6 Å². The first kappa shape index (κ1) is 16.1. The summed E-state index contributed by atoms with van der Waals surface area (Å²) in [5, 5.41) is 3.38. The van der Waals surface area contributed by atoms with Gasteiger partial charge in [0.05, 0.1) is 0 Å². The number of nitrogens with one attached hydrogen (secondary N) is 1. The molecule has 0 radical (unpaired) electrons. The molecule has 3 nitrogen and oxygen atoms in total. The van der Waals surface area contributed by atoms with E-state index in [0.717, 1.165) is 38.2 Å². The summed E-state index contributed by atoms with van der Waals surface area (Å²) in [6.07, 6.45) is -2.31. The van der Waals surface area contributed by atoms with Crippen molar-refractivity contribution in [1.82, 2.24) is 10.2 Å². The molecule has 0 amide bonds. The number of hydrogen-bond donors (Lipinski definition) is 1. The van der Waals surface area contributed by atoms with E-state index in [4.69, 9.17) is 0 Å². The van der Waals surface area contributed by atoms with Crippen molar-refractivity contribution in [3.63, 3.8) is 0 Å². The van der Waals surface area contributed by atoms with Crippen LogP contribution >= 0.6 is 0 Å². The van der Waals surface area contributed by atoms with Crippen molar-refractivity contribution in [2.45, 2.75) is 38.7 Å². The van der Waals surface area contributed by atoms with Gasteiger partial charge in [-0.2, -0.15) is 0 Å². The van der Waals surface area contributed by atoms with Gasteiger partial charge in [0.2, 0.25) is 0 Å². The van der Waals surface area contributed by atoms with Gasteiger partial charge in [-0.15, -0.1) is 13.2 Å². The van der Waals surface area contributed by atoms with Gasteiger partial charge in [-0.3, -0.25) is 4.90 Å². The molecule has 1 aliphatic rings. The average molecular weight is 302 g/mol. The van der Waals surface area contributed by atoms with E-state index in [2.05, 4.69) is 21.9 Å². The Balaban J connectivity index is 1.94. The zero-order chi connectivity index (χ0) is 15.3. The minimum absolute atomic E-state index is 0.173. The first-order chi connectivity index (χ1) is 9.98. The first-order valence-corrected chi connectivity index (χ1v) is 7.27. The normalized spacial score (nSPS) is 19.8. The van der Waals surface area contributed by atoms with Gasteiger partial charge in [0.1, 0.15) is 5.75 Å². The molecular weight excluding hydrogens is 281 g/mol. The Bertz CT molecular complexity index is 428. The van der Waals surface area contributed by atoms with Crippen LogP contribution in [0.25, 0.3) is 0 Å². The van der Waals surface area contributed by atoms with E-state index in [1.54, 1.807) is 12.1 Å². The topological polar surface area (TPSA) is 24.5 Å². The maximum Gasteiger partial charge on any atom is 0.573 e. The maximum atomic E-state index is 12.1. The van der Waals surface area contributed by atoms with Crippen LogP contribution in [-0.4, -0.2) is 36.9 Å². The van der Waals surface area contributed by atoms with Gasteiger partial charge >= 0.3 is 6.36 Å². The Labute approximate surface area is 123 Å². The van der Waals surface area contributed by atoms with Crippen LogP contribution in [0.2, 0.25) is 0 Å². The summed E-state index contributed by atoms with van der Waals surface area (Å²) in [6.45, 7) is 5.82. The monoisotopic (exact) mass is 302 g/mol. The van der Waals surface area contributed by atoms with E-state index in [0.29, 0.717) is 6.04 Å². The van der Waals surface area contributed by atoms with Crippen LogP contribution in [-0.2, 0) is 6.54 Å². The number of nitrogens with zero attached hydrogens (tertiary/aromatic N) is 1. The molecule has 1 aliphatic heterocycles. The summed E-state index contributed by atoms with van der Waals surface area (Å²) >= 11 is 0. The minimum atomic E-state index is -4.63. The molecule has 0 aliphatic carbocycles. The van der Waals surface area contributed by atoms with Crippen LogP contribution < -0.4 is 10.1 Å². The quantitative estimate of drug-likeness (QED) is 0.904. The molecule has 2 rings (SSSR count). The summed E-state index contributed by atoms with van der Waals surface area (Å²) in [6, 6.07) is 6.63. The lowest BCUT2D eigenvalue weighted by molar-refractivity contribution is -0.274. The number of hydrogen-bond acceptors (Lipinski definition) is 3. The number of alkyl halides is 3. The molecule has 118 valence electrons. The van der Waals surface area contributed by atoms with Crippen molar-refractivity contribution in [3.8, 4) is 5.75 Å². The molecule has 1 aromatic carbocycles. The Hall–Kier alpha value is -1.27. The standard InChI is InChI=1S/C15H21F3N2O/c1-2-20(13-4-3-9-19-10-13)11-12-5-7-14(8-6-12)21-15(16,17)18/h5-8,13,19H,2-4,9-11H2,1H3. The third kappa shape index (κ3) is 5.21. The molecular formula is C15H21F3N2O. The molecule has 0 spiro atoms. The summed E-state index contributed by atoms with van der Waals surface area (Å²) in [5.74, 6) is -0.173. The lowest BCUT2D eigenvalue weighted by atomic mass is 10.0. The van der Waals surface area contributed by atoms with Crippen molar-refractivity contribution in [3.05, 3.63) is 29.8 Å². The van der Waals surface area contributed by atoms with E-state index in [-0.39, 0.29) is 5.75 Å². The van der Waals surface area contributed by atoms with E-state index in [9.17, 15) is 13.2 Å². The predicted molar refractivity (Wildman–Crippen MR) is 75.1 cm³/mol. The number of benzene rings is 1. The molecule has 1 aromatic rings. The number of halogens is 3. The van der Waals surface area contributed by atoms with Gasteiger partial charge in [-0.25, -0.2) is 0 Å². The highest BCUT2D eigenvalue weighted by Crippen LogP contribution is 2.23. The fourth-order valence-corrected chi connectivity index (χ4v) is 2.68. The second kappa shape index (κ2) is 7.13. The first-order valence-electron chi connectivity index (χ1n) is 7.27. The second-order valence-electron chi connectivity index (χ2n) is 5.26. The zero-order valence-electron chi connectivity index (χ0n) is 12.1. The van der Waals surface area contributed by atoms with Gasteiger partial charge in [0.15, 0.2) is 0 Å². The van der Waals surface area contributed by atoms with Crippen molar-refractivity contribution in [2.75, 3.05) is 19.6 Å². The largest absolute Gasteiger partial charge is 0.573 e. The van der Waals surface area contributed by atoms with Gasteiger partial charge in [0, 0.05) is 19.1 Å². The SMILES string of the molecule is CCN(Cc1ccc(OC(F)(F)F)cc1)C1CCCNC1. The molecule has 0 bridgehead atoms. The highest BCUT2D eigenvalue weighted by atomic mass is 19.4. The molecule has 1 atom stereocenters. The van der Waals surface area contributed by atoms with Crippen molar-refractivity contribution in [2.24, 2.45) is 0 Å². The molecule has 1 fully saturated rings. The Morgan fingerprint density at radius 2 is 2.00 bits per heavy atom. The van der Waals surface area contributed by atoms with Crippen LogP contribution in [0.15, 0.2) is 24.3 Å². The molecule has 21 heavy (non-hydrogen) atoms. The van der Waals surface area contributed by atoms with Crippen LogP contribution in [0.5, 0.6) is 5.75 Å². The van der Waals surface area contributed by atoms with Crippen molar-refractivity contribution >= 4 is 0 Å². The lowest BCUT2D eigenvalue weighted by Crippen LogP contribution is -2.45. The predicted octanol–water partition coefficient (Wildman–Crippen LogP) is 3.16. The Morgan fingerprint density at radius 1 is 1.29 bits per heavy atom. The number of rotatable bonds is 5. The molecule has 1 saturated heterocycles. The Kier molecular flexibility index (Phi) is 5.47. The number of piperidine rings is 1. The third-order valence-electron chi connectivity index (χ3n) is 3.74. The van der Waals surface area contributed by atoms with E-state index >= 15 is 0 Å². The highest BCUT2D eigenvalue weighted by Gasteiger charge is 2.31. The summed E-state index contributed by atoms with van der Waals surface area (Å²) < 4.78 is 40.2. The maximum absolute atomic E-state index is 12.1. The molecule has 0 saturated carbocycles. The van der Waals surface area contributed by atoms with Crippen LogP contribution in [0, 0.1) is 0 Å². The number of likely N-dealkylation sites (N-methyl/N-ethyl adjacent to an activating group) is 1. The molecule has 1 heterocycles. The van der Waals surface area contributed by atoms with Crippen LogP contribution in [0.4, 0.5) is 13.2 Å². The Morgan fingerprint density at radius 3 is 2.52 bits per heavy atom. The summed E-state index contributed by atoms with van der Waals surface area (Å²) in [7, 11) is 0. The zero-order valence-corrected chi connectivity index (χ0v) is 12.1. The average Bonchev–Trinajstić information content (AvgIpc) is 2.46. The van der Waals surface area contributed by atoms with Crippen molar-refractivity contribution in [1.29, 1.82) is 0 Å². The van der Waals surface area contributed by atoms with Gasteiger partial charge in [0.25, 0.3) is 0 Å². The molecule has 1 unspecified atom stereocenters. The minimum Gasteiger partial charge on any atom is -0.406 e. The fraction of sp³-hybridized carbons (Fsp3) is 0.600. The summed E-state index contributed by atoms with van der Waals surface area (Å²) in [5.41, 5.74) is 0.997. The van der Waals surface area contributed by atoms with Gasteiger partial charge in [-0.1, -0.05) is 19.1 Å². The van der Waals surface area contributed by atoms with E-state index in [1.165, 1.54) is 18.6 Å². The molecule has 6 heteroatoms. The fourth-order valence-electron chi connectivity index (χ4n) is 2.68. The van der Waals surface area contributed by atoms with E-state index < -0.39 is 6.36 Å². The lowest BCUT2D eigenvalue weighted by Gasteiger charge is -2.34. The smallest absolute Gasteiger partial charge is 0.406 e. The van der Waals surface area contributed by atoms with Crippen LogP contribution in [0.1, 0.15) is 25.3 Å². The third-order valence-corrected chi connectivity index (χ3v) is 3.74. The van der Waals surface area contributed by atoms with Gasteiger partial charge < -0.3 is 10.1 Å². The molecule has 1 N–H and O–H groups in total. The second-order valence-corrected chi connectivity index (χ2v) is 5.26. The van der Waals surface area contributed by atoms with E-state index in [1.807, 2.05) is 0 Å². The number of ether oxygens (including phenoxy) is 1. The van der Waals surface area contributed by atoms with Crippen LogP contribution in [0.3, 0.4) is 0 Å². The summed E-state index contributed by atoms with van der Waals surface area (Å²) in [4.78, 5) is 2.35. The molecule has 0 aromatic heterocycles. The van der Waals surface area contributed by atoms with Crippen molar-refractivity contribution < 1.29 is 17.9 Å². The highest BCUT2D eigenvalue weighted by molar-refractivity contribution is 5.27.